The Morgan fingerprint density at radius 2 is 1.73 bits per heavy atom. The van der Waals surface area contributed by atoms with Crippen LogP contribution in [0.3, 0.4) is 0 Å². The summed E-state index contributed by atoms with van der Waals surface area (Å²) in [5.41, 5.74) is 0.294. The van der Waals surface area contributed by atoms with Crippen molar-refractivity contribution in [2.75, 3.05) is 7.11 Å². The second-order valence-corrected chi connectivity index (χ2v) is 6.87. The van der Waals surface area contributed by atoms with Crippen LogP contribution in [0.2, 0.25) is 5.02 Å². The van der Waals surface area contributed by atoms with Crippen molar-refractivity contribution in [3.8, 4) is 5.75 Å². The van der Waals surface area contributed by atoms with E-state index in [4.69, 9.17) is 16.3 Å². The number of aromatic nitrogens is 1. The Kier molecular flexibility index (Phi) is 6.64. The van der Waals surface area contributed by atoms with Crippen molar-refractivity contribution in [1.82, 2.24) is 9.88 Å². The number of hydrogen-bond acceptors (Lipinski definition) is 4. The van der Waals surface area contributed by atoms with Crippen LogP contribution in [-0.4, -0.2) is 23.4 Å². The molecule has 0 aliphatic rings. The number of halogens is 2. The zero-order valence-corrected chi connectivity index (χ0v) is 16.7. The molecular formula is C22H18ClFN2O4. The van der Waals surface area contributed by atoms with Crippen LogP contribution in [0.25, 0.3) is 0 Å². The van der Waals surface area contributed by atoms with Gasteiger partial charge < -0.3 is 10.1 Å². The Balaban J connectivity index is 1.90. The van der Waals surface area contributed by atoms with E-state index in [1.807, 2.05) is 0 Å². The lowest BCUT2D eigenvalue weighted by Crippen LogP contribution is -2.41. The first-order valence-electron chi connectivity index (χ1n) is 8.97. The number of amides is 1. The van der Waals surface area contributed by atoms with Gasteiger partial charge in [0.25, 0.3) is 11.5 Å². The number of hydrogen-bond donors (Lipinski definition) is 1. The normalized spacial score (nSPS) is 11.6. The minimum atomic E-state index is -1.50. The molecule has 0 aliphatic heterocycles. The second-order valence-electron chi connectivity index (χ2n) is 6.43. The number of nitrogens with one attached hydrogen (secondary N) is 1. The fourth-order valence-electron chi connectivity index (χ4n) is 2.85. The van der Waals surface area contributed by atoms with Crippen LogP contribution in [0, 0.1) is 5.82 Å². The Labute approximate surface area is 176 Å². The molecular weight excluding hydrogens is 411 g/mol. The molecule has 1 amide bonds. The quantitative estimate of drug-likeness (QED) is 0.462. The monoisotopic (exact) mass is 428 g/mol. The largest absolute Gasteiger partial charge is 0.497 e. The highest BCUT2D eigenvalue weighted by molar-refractivity contribution is 6.30. The van der Waals surface area contributed by atoms with Gasteiger partial charge in [0.05, 0.1) is 12.1 Å². The first kappa shape index (κ1) is 21.3. The zero-order valence-electron chi connectivity index (χ0n) is 16.0. The van der Waals surface area contributed by atoms with E-state index in [2.05, 4.69) is 5.32 Å². The minimum Gasteiger partial charge on any atom is -0.497 e. The van der Waals surface area contributed by atoms with Crippen molar-refractivity contribution in [2.45, 2.75) is 12.6 Å². The van der Waals surface area contributed by atoms with Gasteiger partial charge in [-0.3, -0.25) is 19.0 Å². The van der Waals surface area contributed by atoms with Crippen LogP contribution < -0.4 is 15.6 Å². The summed E-state index contributed by atoms with van der Waals surface area (Å²) in [5.74, 6) is -1.21. The number of ether oxygens (including phenoxy) is 1. The van der Waals surface area contributed by atoms with Gasteiger partial charge in [0.2, 0.25) is 0 Å². The average Bonchev–Trinajstić information content (AvgIpc) is 2.75. The lowest BCUT2D eigenvalue weighted by molar-refractivity contribution is -0.123. The topological polar surface area (TPSA) is 77.4 Å². The van der Waals surface area contributed by atoms with Gasteiger partial charge in [-0.05, 0) is 48.0 Å². The average molecular weight is 429 g/mol. The summed E-state index contributed by atoms with van der Waals surface area (Å²) in [4.78, 5) is 38.4. The number of Topliss-reactive ketones (excluding diaryl/α,β-unsaturated/α-hetero) is 1. The molecule has 30 heavy (non-hydrogen) atoms. The smallest absolute Gasteiger partial charge is 0.251 e. The van der Waals surface area contributed by atoms with Crippen LogP contribution in [0.15, 0.2) is 71.7 Å². The molecule has 0 spiro atoms. The summed E-state index contributed by atoms with van der Waals surface area (Å²) in [6.45, 7) is 0.130. The van der Waals surface area contributed by atoms with Crippen molar-refractivity contribution < 1.29 is 18.7 Å². The molecule has 1 N–H and O–H groups in total. The number of benzene rings is 2. The Bertz CT molecular complexity index is 1110. The summed E-state index contributed by atoms with van der Waals surface area (Å²) in [5, 5.41) is 2.86. The molecule has 8 heteroatoms. The van der Waals surface area contributed by atoms with Crippen LogP contribution >= 0.6 is 11.6 Å². The van der Waals surface area contributed by atoms with E-state index in [0.717, 1.165) is 22.3 Å². The molecule has 0 bridgehead atoms. The van der Waals surface area contributed by atoms with Crippen molar-refractivity contribution >= 4 is 23.3 Å². The van der Waals surface area contributed by atoms with Gasteiger partial charge in [0.1, 0.15) is 11.6 Å². The molecule has 1 atom stereocenters. The van der Waals surface area contributed by atoms with E-state index >= 15 is 0 Å². The fraction of sp³-hybridized carbons (Fsp3) is 0.136. The van der Waals surface area contributed by atoms with E-state index < -0.39 is 29.1 Å². The van der Waals surface area contributed by atoms with Crippen molar-refractivity contribution in [3.63, 3.8) is 0 Å². The van der Waals surface area contributed by atoms with Gasteiger partial charge in [-0.1, -0.05) is 23.7 Å². The Hall–Kier alpha value is -3.45. The van der Waals surface area contributed by atoms with Crippen LogP contribution in [0.4, 0.5) is 4.39 Å². The summed E-state index contributed by atoms with van der Waals surface area (Å²) >= 11 is 5.97. The zero-order chi connectivity index (χ0) is 21.7. The third-order valence-electron chi connectivity index (χ3n) is 4.43. The van der Waals surface area contributed by atoms with Gasteiger partial charge in [-0.25, -0.2) is 4.39 Å². The van der Waals surface area contributed by atoms with Crippen LogP contribution in [0.5, 0.6) is 5.75 Å². The SMILES string of the molecule is COc1ccc(CNC(=O)C(C(=O)c2ccc(F)cc2)n2cc(Cl)ccc2=O)cc1. The molecule has 154 valence electrons. The Morgan fingerprint density at radius 3 is 2.37 bits per heavy atom. The lowest BCUT2D eigenvalue weighted by Gasteiger charge is -2.19. The molecule has 3 rings (SSSR count). The first-order chi connectivity index (χ1) is 14.4. The lowest BCUT2D eigenvalue weighted by atomic mass is 10.0. The highest BCUT2D eigenvalue weighted by atomic mass is 35.5. The van der Waals surface area contributed by atoms with Crippen molar-refractivity contribution in [3.05, 3.63) is 99.2 Å². The fourth-order valence-corrected chi connectivity index (χ4v) is 3.02. The number of carbonyl (C=O) groups is 2. The number of ketones is 1. The van der Waals surface area contributed by atoms with Crippen molar-refractivity contribution in [1.29, 1.82) is 0 Å². The molecule has 1 heterocycles. The first-order valence-corrected chi connectivity index (χ1v) is 9.35. The van der Waals surface area contributed by atoms with E-state index in [1.165, 1.54) is 30.5 Å². The third-order valence-corrected chi connectivity index (χ3v) is 4.66. The van der Waals surface area contributed by atoms with Gasteiger partial charge in [0, 0.05) is 24.4 Å². The maximum Gasteiger partial charge on any atom is 0.251 e. The van der Waals surface area contributed by atoms with Gasteiger partial charge in [-0.2, -0.15) is 0 Å². The highest BCUT2D eigenvalue weighted by Crippen LogP contribution is 2.17. The minimum absolute atomic E-state index is 0.0906. The van der Waals surface area contributed by atoms with Gasteiger partial charge >= 0.3 is 0 Å². The molecule has 0 aliphatic carbocycles. The molecule has 1 unspecified atom stereocenters. The molecule has 1 aromatic heterocycles. The molecule has 6 nitrogen and oxygen atoms in total. The second kappa shape index (κ2) is 9.37. The molecule has 2 aromatic carbocycles. The maximum absolute atomic E-state index is 13.2. The molecule has 0 radical (unpaired) electrons. The number of pyridine rings is 1. The number of nitrogens with zero attached hydrogens (tertiary/aromatic N) is 1. The van der Waals surface area contributed by atoms with E-state index in [0.29, 0.717) is 5.75 Å². The number of carbonyl (C=O) groups excluding carboxylic acids is 2. The van der Waals surface area contributed by atoms with Crippen molar-refractivity contribution in [2.24, 2.45) is 0 Å². The highest BCUT2D eigenvalue weighted by Gasteiger charge is 2.30. The standard InChI is InChI=1S/C22H18ClFN2O4/c1-30-18-9-2-14(3-10-18)12-25-22(29)20(26-13-16(23)6-11-19(26)27)21(28)15-4-7-17(24)8-5-15/h2-11,13,20H,12H2,1H3,(H,25,29). The molecule has 0 saturated carbocycles. The maximum atomic E-state index is 13.2. The van der Waals surface area contributed by atoms with Crippen LogP contribution in [0.1, 0.15) is 22.0 Å². The van der Waals surface area contributed by atoms with E-state index in [1.54, 1.807) is 31.4 Å². The van der Waals surface area contributed by atoms with E-state index in [-0.39, 0.29) is 17.1 Å². The van der Waals surface area contributed by atoms with Gasteiger partial charge in [-0.15, -0.1) is 0 Å². The third kappa shape index (κ3) is 4.93. The summed E-state index contributed by atoms with van der Waals surface area (Å²) in [7, 11) is 1.55. The Morgan fingerprint density at radius 1 is 1.07 bits per heavy atom. The summed E-state index contributed by atoms with van der Waals surface area (Å²) in [6.07, 6.45) is 1.23. The number of rotatable bonds is 7. The summed E-state index contributed by atoms with van der Waals surface area (Å²) in [6, 6.07) is 12.8. The summed E-state index contributed by atoms with van der Waals surface area (Å²) < 4.78 is 19.3. The predicted octanol–water partition coefficient (Wildman–Crippen LogP) is 3.39. The molecule has 0 fully saturated rings. The molecule has 3 aromatic rings. The predicted molar refractivity (Wildman–Crippen MR) is 110 cm³/mol. The van der Waals surface area contributed by atoms with Gasteiger partial charge in [0.15, 0.2) is 11.8 Å². The van der Waals surface area contributed by atoms with Crippen LogP contribution in [-0.2, 0) is 11.3 Å². The number of methoxy groups -OCH3 is 1. The molecule has 0 saturated heterocycles. The van der Waals surface area contributed by atoms with E-state index in [9.17, 15) is 18.8 Å².